The van der Waals surface area contributed by atoms with Gasteiger partial charge < -0.3 is 9.47 Å². The van der Waals surface area contributed by atoms with Crippen LogP contribution in [0.5, 0.6) is 11.8 Å². The molecule has 0 aromatic carbocycles. The Hall–Kier alpha value is -1.65. The van der Waals surface area contributed by atoms with Gasteiger partial charge in [0.15, 0.2) is 6.29 Å². The molecule has 0 amide bonds. The minimum Gasteiger partial charge on any atom is -0.480 e. The predicted molar refractivity (Wildman–Crippen MR) is 52.5 cm³/mol. The largest absolute Gasteiger partial charge is 0.480 e. The van der Waals surface area contributed by atoms with Gasteiger partial charge in [-0.15, -0.1) is 0 Å². The number of nitrogens with zero attached hydrogens (tertiary/aromatic N) is 2. The molecule has 0 aliphatic heterocycles. The normalized spacial score (nSPS) is 14.8. The van der Waals surface area contributed by atoms with Gasteiger partial charge in [0.05, 0.1) is 14.2 Å². The van der Waals surface area contributed by atoms with Crippen molar-refractivity contribution in [2.45, 2.75) is 18.8 Å². The zero-order chi connectivity index (χ0) is 10.8. The molecule has 0 N–H and O–H groups in total. The van der Waals surface area contributed by atoms with Crippen LogP contribution in [0.15, 0.2) is 0 Å². The lowest BCUT2D eigenvalue weighted by molar-refractivity contribution is 0.111. The van der Waals surface area contributed by atoms with Gasteiger partial charge in [-0.25, -0.2) is 0 Å². The van der Waals surface area contributed by atoms with E-state index in [1.54, 1.807) is 0 Å². The molecule has 1 saturated carbocycles. The van der Waals surface area contributed by atoms with Gasteiger partial charge in [-0.3, -0.25) is 4.79 Å². The van der Waals surface area contributed by atoms with Crippen molar-refractivity contribution < 1.29 is 14.3 Å². The van der Waals surface area contributed by atoms with Crippen LogP contribution in [0.4, 0.5) is 0 Å². The van der Waals surface area contributed by atoms with E-state index >= 15 is 0 Å². The zero-order valence-corrected chi connectivity index (χ0v) is 8.69. The number of aldehydes is 1. The molecule has 0 spiro atoms. The number of carbonyl (C=O) groups is 1. The molecule has 80 valence electrons. The van der Waals surface area contributed by atoms with E-state index in [0.29, 0.717) is 29.8 Å². The Bertz CT molecular complexity index is 363. The smallest absolute Gasteiger partial charge is 0.231 e. The third-order valence-corrected chi connectivity index (χ3v) is 2.34. The first-order valence-corrected chi connectivity index (χ1v) is 4.75. The maximum absolute atomic E-state index is 10.8. The first kappa shape index (κ1) is 9.89. The van der Waals surface area contributed by atoms with Crippen LogP contribution in [0.1, 0.15) is 34.9 Å². The number of aromatic nitrogens is 2. The van der Waals surface area contributed by atoms with E-state index < -0.39 is 0 Å². The van der Waals surface area contributed by atoms with Crippen molar-refractivity contribution >= 4 is 6.29 Å². The summed E-state index contributed by atoms with van der Waals surface area (Å²) >= 11 is 0. The maximum Gasteiger partial charge on any atom is 0.231 e. The molecule has 0 atom stereocenters. The molecular formula is C10H12N2O3. The van der Waals surface area contributed by atoms with E-state index in [4.69, 9.17) is 9.47 Å². The molecule has 1 aliphatic carbocycles. The monoisotopic (exact) mass is 208 g/mol. The molecule has 0 unspecified atom stereocenters. The minimum atomic E-state index is 0.268. The molecular weight excluding hydrogens is 196 g/mol. The number of hydrogen-bond acceptors (Lipinski definition) is 5. The van der Waals surface area contributed by atoms with Crippen molar-refractivity contribution in [3.05, 3.63) is 11.4 Å². The second kappa shape index (κ2) is 3.84. The fourth-order valence-corrected chi connectivity index (χ4v) is 1.38. The van der Waals surface area contributed by atoms with Gasteiger partial charge in [0.25, 0.3) is 0 Å². The summed E-state index contributed by atoms with van der Waals surface area (Å²) in [5, 5.41) is 0. The zero-order valence-electron chi connectivity index (χ0n) is 8.69. The fourth-order valence-electron chi connectivity index (χ4n) is 1.38. The fraction of sp³-hybridized carbons (Fsp3) is 0.500. The van der Waals surface area contributed by atoms with Crippen LogP contribution >= 0.6 is 0 Å². The highest BCUT2D eigenvalue weighted by Crippen LogP contribution is 2.40. The summed E-state index contributed by atoms with van der Waals surface area (Å²) in [7, 11) is 2.96. The van der Waals surface area contributed by atoms with Crippen molar-refractivity contribution in [1.29, 1.82) is 0 Å². The SMILES string of the molecule is COc1nc(C2CC2)nc(OC)c1C=O. The molecule has 0 bridgehead atoms. The standard InChI is InChI=1S/C10H12N2O3/c1-14-9-7(5-13)10(15-2)12-8(11-9)6-3-4-6/h5-6H,3-4H2,1-2H3. The minimum absolute atomic E-state index is 0.268. The quantitative estimate of drug-likeness (QED) is 0.695. The van der Waals surface area contributed by atoms with Gasteiger partial charge in [-0.05, 0) is 12.8 Å². The first-order valence-electron chi connectivity index (χ1n) is 4.75. The van der Waals surface area contributed by atoms with Crippen molar-refractivity contribution in [3.63, 3.8) is 0 Å². The Morgan fingerprint density at radius 3 is 2.07 bits per heavy atom. The Kier molecular flexibility index (Phi) is 2.53. The van der Waals surface area contributed by atoms with Crippen LogP contribution in [-0.4, -0.2) is 30.5 Å². The van der Waals surface area contributed by atoms with Crippen molar-refractivity contribution in [2.24, 2.45) is 0 Å². The molecule has 15 heavy (non-hydrogen) atoms. The number of hydrogen-bond donors (Lipinski definition) is 0. The van der Waals surface area contributed by atoms with Gasteiger partial charge in [0.2, 0.25) is 11.8 Å². The summed E-state index contributed by atoms with van der Waals surface area (Å²) in [6, 6.07) is 0. The third-order valence-electron chi connectivity index (χ3n) is 2.34. The van der Waals surface area contributed by atoms with Crippen LogP contribution in [0.2, 0.25) is 0 Å². The second-order valence-electron chi connectivity index (χ2n) is 3.41. The van der Waals surface area contributed by atoms with E-state index in [9.17, 15) is 4.79 Å². The van der Waals surface area contributed by atoms with Crippen LogP contribution < -0.4 is 9.47 Å². The first-order chi connectivity index (χ1) is 7.30. The summed E-state index contributed by atoms with van der Waals surface area (Å²) < 4.78 is 10.1. The number of ether oxygens (including phenoxy) is 2. The molecule has 2 rings (SSSR count). The highest BCUT2D eigenvalue weighted by molar-refractivity contribution is 5.81. The van der Waals surface area contributed by atoms with Gasteiger partial charge in [0.1, 0.15) is 11.4 Å². The average molecular weight is 208 g/mol. The van der Waals surface area contributed by atoms with Crippen molar-refractivity contribution in [1.82, 2.24) is 9.97 Å². The van der Waals surface area contributed by atoms with E-state index in [1.165, 1.54) is 14.2 Å². The van der Waals surface area contributed by atoms with E-state index in [-0.39, 0.29) is 5.56 Å². The van der Waals surface area contributed by atoms with Crippen LogP contribution in [-0.2, 0) is 0 Å². The molecule has 1 aliphatic rings. The topological polar surface area (TPSA) is 61.3 Å². The summed E-state index contributed by atoms with van der Waals surface area (Å²) in [5.74, 6) is 1.68. The second-order valence-corrected chi connectivity index (χ2v) is 3.41. The Morgan fingerprint density at radius 2 is 1.73 bits per heavy atom. The van der Waals surface area contributed by atoms with Gasteiger partial charge in [-0.2, -0.15) is 9.97 Å². The van der Waals surface area contributed by atoms with Crippen LogP contribution in [0.25, 0.3) is 0 Å². The lowest BCUT2D eigenvalue weighted by atomic mass is 10.3. The van der Waals surface area contributed by atoms with Crippen molar-refractivity contribution in [3.8, 4) is 11.8 Å². The third kappa shape index (κ3) is 1.77. The molecule has 1 heterocycles. The molecule has 1 aromatic heterocycles. The van der Waals surface area contributed by atoms with E-state index in [0.717, 1.165) is 12.8 Å². The van der Waals surface area contributed by atoms with Gasteiger partial charge >= 0.3 is 0 Å². The van der Waals surface area contributed by atoms with Gasteiger partial charge in [-0.1, -0.05) is 0 Å². The molecule has 1 fully saturated rings. The Morgan fingerprint density at radius 1 is 1.20 bits per heavy atom. The molecule has 0 saturated heterocycles. The predicted octanol–water partition coefficient (Wildman–Crippen LogP) is 1.18. The highest BCUT2D eigenvalue weighted by atomic mass is 16.5. The number of rotatable bonds is 4. The van der Waals surface area contributed by atoms with E-state index in [2.05, 4.69) is 9.97 Å². The number of carbonyl (C=O) groups excluding carboxylic acids is 1. The molecule has 5 heteroatoms. The molecule has 5 nitrogen and oxygen atoms in total. The summed E-state index contributed by atoms with van der Waals surface area (Å²) in [5.41, 5.74) is 0.268. The van der Waals surface area contributed by atoms with Gasteiger partial charge in [0, 0.05) is 5.92 Å². The lowest BCUT2D eigenvalue weighted by Crippen LogP contribution is -2.04. The summed E-state index contributed by atoms with van der Waals surface area (Å²) in [6.07, 6.45) is 2.83. The summed E-state index contributed by atoms with van der Waals surface area (Å²) in [6.45, 7) is 0. The van der Waals surface area contributed by atoms with Crippen LogP contribution in [0.3, 0.4) is 0 Å². The maximum atomic E-state index is 10.8. The Balaban J connectivity index is 2.49. The molecule has 1 aromatic rings. The molecule has 0 radical (unpaired) electrons. The number of methoxy groups -OCH3 is 2. The average Bonchev–Trinajstić information content (AvgIpc) is 3.10. The lowest BCUT2D eigenvalue weighted by Gasteiger charge is -2.08. The summed E-state index contributed by atoms with van der Waals surface area (Å²) in [4.78, 5) is 19.2. The van der Waals surface area contributed by atoms with Crippen LogP contribution in [0, 0.1) is 0 Å². The highest BCUT2D eigenvalue weighted by Gasteiger charge is 2.29. The Labute approximate surface area is 87.4 Å². The van der Waals surface area contributed by atoms with Crippen molar-refractivity contribution in [2.75, 3.05) is 14.2 Å². The van der Waals surface area contributed by atoms with E-state index in [1.807, 2.05) is 0 Å².